The summed E-state index contributed by atoms with van der Waals surface area (Å²) < 4.78 is 10.8. The maximum atomic E-state index is 12.2. The summed E-state index contributed by atoms with van der Waals surface area (Å²) in [5.41, 5.74) is 0.660. The second-order valence-corrected chi connectivity index (χ2v) is 5.15. The van der Waals surface area contributed by atoms with Gasteiger partial charge >= 0.3 is 0 Å². The normalized spacial score (nSPS) is 12.6. The van der Waals surface area contributed by atoms with E-state index >= 15 is 0 Å². The van der Waals surface area contributed by atoms with E-state index in [1.165, 1.54) is 24.3 Å². The quantitative estimate of drug-likeness (QED) is 0.687. The molecule has 2 aromatic carbocycles. The summed E-state index contributed by atoms with van der Waals surface area (Å²) in [5.74, 6) is 0.502. The average Bonchev–Trinajstić information content (AvgIpc) is 2.55. The van der Waals surface area contributed by atoms with Crippen molar-refractivity contribution in [1.29, 1.82) is 0 Å². The number of nitrogens with zero attached hydrogens (tertiary/aromatic N) is 1. The van der Waals surface area contributed by atoms with Crippen LogP contribution in [0, 0.1) is 10.1 Å². The van der Waals surface area contributed by atoms with Gasteiger partial charge in [0.1, 0.15) is 13.2 Å². The van der Waals surface area contributed by atoms with Crippen molar-refractivity contribution in [2.24, 2.45) is 0 Å². The van der Waals surface area contributed by atoms with Crippen LogP contribution in [0.2, 0.25) is 5.02 Å². The monoisotopic (exact) mass is 334 g/mol. The number of carbonyl (C=O) groups excluding carboxylic acids is 1. The molecule has 0 radical (unpaired) electrons. The highest BCUT2D eigenvalue weighted by atomic mass is 35.5. The van der Waals surface area contributed by atoms with E-state index in [0.717, 1.165) is 0 Å². The number of rotatable bonds is 3. The molecule has 23 heavy (non-hydrogen) atoms. The largest absolute Gasteiger partial charge is 0.486 e. The van der Waals surface area contributed by atoms with Crippen LogP contribution in [0.15, 0.2) is 36.4 Å². The first-order chi connectivity index (χ1) is 11.0. The molecule has 0 saturated heterocycles. The topological polar surface area (TPSA) is 90.7 Å². The zero-order valence-electron chi connectivity index (χ0n) is 11.7. The Morgan fingerprint density at radius 1 is 1.17 bits per heavy atom. The smallest absolute Gasteiger partial charge is 0.269 e. The van der Waals surface area contributed by atoms with E-state index in [9.17, 15) is 14.9 Å². The van der Waals surface area contributed by atoms with E-state index in [4.69, 9.17) is 21.1 Å². The van der Waals surface area contributed by atoms with Crippen LogP contribution >= 0.6 is 11.6 Å². The maximum Gasteiger partial charge on any atom is 0.269 e. The summed E-state index contributed by atoms with van der Waals surface area (Å²) >= 11 is 6.10. The van der Waals surface area contributed by atoms with E-state index in [2.05, 4.69) is 5.32 Å². The lowest BCUT2D eigenvalue weighted by Gasteiger charge is -2.20. The molecule has 1 N–H and O–H groups in total. The van der Waals surface area contributed by atoms with Gasteiger partial charge in [-0.3, -0.25) is 14.9 Å². The van der Waals surface area contributed by atoms with E-state index in [1.54, 1.807) is 12.1 Å². The van der Waals surface area contributed by atoms with Crippen LogP contribution in [-0.2, 0) is 0 Å². The molecule has 1 amide bonds. The molecule has 0 saturated carbocycles. The number of non-ortho nitro benzene ring substituents is 1. The van der Waals surface area contributed by atoms with Crippen molar-refractivity contribution in [3.63, 3.8) is 0 Å². The van der Waals surface area contributed by atoms with Crippen LogP contribution in [0.3, 0.4) is 0 Å². The van der Waals surface area contributed by atoms with Crippen molar-refractivity contribution in [1.82, 2.24) is 0 Å². The number of halogens is 1. The fourth-order valence-electron chi connectivity index (χ4n) is 2.12. The van der Waals surface area contributed by atoms with Gasteiger partial charge in [-0.2, -0.15) is 0 Å². The summed E-state index contributed by atoms with van der Waals surface area (Å²) in [7, 11) is 0. The minimum absolute atomic E-state index is 0.0797. The minimum Gasteiger partial charge on any atom is -0.486 e. The lowest BCUT2D eigenvalue weighted by atomic mass is 10.2. The van der Waals surface area contributed by atoms with Crippen LogP contribution in [0.4, 0.5) is 11.4 Å². The van der Waals surface area contributed by atoms with E-state index in [1.807, 2.05) is 0 Å². The van der Waals surface area contributed by atoms with E-state index < -0.39 is 10.8 Å². The van der Waals surface area contributed by atoms with Crippen LogP contribution in [0.25, 0.3) is 0 Å². The number of nitro benzene ring substituents is 1. The highest BCUT2D eigenvalue weighted by Gasteiger charge is 2.18. The molecule has 0 atom stereocenters. The zero-order chi connectivity index (χ0) is 16.4. The van der Waals surface area contributed by atoms with Gasteiger partial charge < -0.3 is 14.8 Å². The van der Waals surface area contributed by atoms with Gasteiger partial charge in [0.15, 0.2) is 11.5 Å². The number of nitrogens with one attached hydrogen (secondary N) is 1. The van der Waals surface area contributed by atoms with Gasteiger partial charge in [0.2, 0.25) is 0 Å². The Labute approximate surface area is 135 Å². The molecule has 0 fully saturated rings. The van der Waals surface area contributed by atoms with Crippen molar-refractivity contribution in [3.05, 3.63) is 57.1 Å². The van der Waals surface area contributed by atoms with Gasteiger partial charge in [0.05, 0.1) is 9.95 Å². The first kappa shape index (κ1) is 15.1. The zero-order valence-corrected chi connectivity index (χ0v) is 12.5. The first-order valence-electron chi connectivity index (χ1n) is 6.69. The van der Waals surface area contributed by atoms with Crippen LogP contribution in [0.5, 0.6) is 11.5 Å². The second-order valence-electron chi connectivity index (χ2n) is 4.74. The summed E-state index contributed by atoms with van der Waals surface area (Å²) in [6.45, 7) is 0.824. The molecule has 0 spiro atoms. The SMILES string of the molecule is O=C(Nc1cc(Cl)c2c(c1)OCCO2)c1ccc([N+](=O)[O-])cc1. The summed E-state index contributed by atoms with van der Waals surface area (Å²) in [5, 5.41) is 13.6. The molecule has 2 aromatic rings. The van der Waals surface area contributed by atoms with E-state index in [-0.39, 0.29) is 5.69 Å². The fraction of sp³-hybridized carbons (Fsp3) is 0.133. The molecule has 1 aliphatic rings. The molecule has 0 aliphatic carbocycles. The Bertz CT molecular complexity index is 776. The number of anilines is 1. The number of amides is 1. The Hall–Kier alpha value is -2.80. The van der Waals surface area contributed by atoms with Crippen molar-refractivity contribution in [2.75, 3.05) is 18.5 Å². The number of benzene rings is 2. The van der Waals surface area contributed by atoms with Gasteiger partial charge in [0.25, 0.3) is 11.6 Å². The third-order valence-electron chi connectivity index (χ3n) is 3.20. The molecule has 1 aliphatic heterocycles. The lowest BCUT2D eigenvalue weighted by Crippen LogP contribution is -2.17. The lowest BCUT2D eigenvalue weighted by molar-refractivity contribution is -0.384. The predicted octanol–water partition coefficient (Wildman–Crippen LogP) is 3.27. The Kier molecular flexibility index (Phi) is 4.03. The van der Waals surface area contributed by atoms with Gasteiger partial charge in [-0.25, -0.2) is 0 Å². The van der Waals surface area contributed by atoms with Gasteiger partial charge in [-0.05, 0) is 18.2 Å². The summed E-state index contributed by atoms with van der Waals surface area (Å²) in [4.78, 5) is 22.3. The standard InChI is InChI=1S/C15H11ClN2O5/c16-12-7-10(8-13-14(12)23-6-5-22-13)17-15(19)9-1-3-11(4-2-9)18(20)21/h1-4,7-8H,5-6H2,(H,17,19). The molecule has 1 heterocycles. The van der Waals surface area contributed by atoms with Crippen molar-refractivity contribution in [3.8, 4) is 11.5 Å². The molecular formula is C15H11ClN2O5. The first-order valence-corrected chi connectivity index (χ1v) is 7.07. The number of hydrogen-bond donors (Lipinski definition) is 1. The molecule has 3 rings (SSSR count). The van der Waals surface area contributed by atoms with E-state index in [0.29, 0.717) is 41.0 Å². The molecule has 0 unspecified atom stereocenters. The summed E-state index contributed by atoms with van der Waals surface area (Å²) in [6.07, 6.45) is 0. The van der Waals surface area contributed by atoms with Crippen molar-refractivity contribution < 1.29 is 19.2 Å². The summed E-state index contributed by atoms with van der Waals surface area (Å²) in [6, 6.07) is 8.47. The molecule has 118 valence electrons. The molecular weight excluding hydrogens is 324 g/mol. The highest BCUT2D eigenvalue weighted by molar-refractivity contribution is 6.32. The molecule has 8 heteroatoms. The number of ether oxygens (including phenoxy) is 2. The fourth-order valence-corrected chi connectivity index (χ4v) is 2.39. The third kappa shape index (κ3) is 3.19. The average molecular weight is 335 g/mol. The van der Waals surface area contributed by atoms with Crippen molar-refractivity contribution in [2.45, 2.75) is 0 Å². The van der Waals surface area contributed by atoms with Crippen LogP contribution < -0.4 is 14.8 Å². The van der Waals surface area contributed by atoms with Crippen LogP contribution in [0.1, 0.15) is 10.4 Å². The Morgan fingerprint density at radius 3 is 2.57 bits per heavy atom. The predicted molar refractivity (Wildman–Crippen MR) is 83.5 cm³/mol. The number of nitro groups is 1. The Morgan fingerprint density at radius 2 is 1.87 bits per heavy atom. The molecule has 0 bridgehead atoms. The number of hydrogen-bond acceptors (Lipinski definition) is 5. The number of fused-ring (bicyclic) bond motifs is 1. The minimum atomic E-state index is -0.526. The van der Waals surface area contributed by atoms with Crippen molar-refractivity contribution >= 4 is 28.9 Å². The Balaban J connectivity index is 1.80. The van der Waals surface area contributed by atoms with Gasteiger partial charge in [-0.15, -0.1) is 0 Å². The molecule has 7 nitrogen and oxygen atoms in total. The maximum absolute atomic E-state index is 12.2. The van der Waals surface area contributed by atoms with Crippen LogP contribution in [-0.4, -0.2) is 24.0 Å². The van der Waals surface area contributed by atoms with Gasteiger partial charge in [-0.1, -0.05) is 11.6 Å². The second kappa shape index (κ2) is 6.13. The highest BCUT2D eigenvalue weighted by Crippen LogP contribution is 2.40. The molecule has 0 aromatic heterocycles. The van der Waals surface area contributed by atoms with Gasteiger partial charge in [0, 0.05) is 29.4 Å². The number of carbonyl (C=O) groups is 1. The third-order valence-corrected chi connectivity index (χ3v) is 3.48.